The lowest BCUT2D eigenvalue weighted by atomic mass is 10.1. The van der Waals surface area contributed by atoms with E-state index in [2.05, 4.69) is 33.9 Å². The van der Waals surface area contributed by atoms with Crippen molar-refractivity contribution in [1.82, 2.24) is 0 Å². The summed E-state index contributed by atoms with van der Waals surface area (Å²) < 4.78 is 6.46. The zero-order valence-corrected chi connectivity index (χ0v) is 12.0. The first-order chi connectivity index (χ1) is 8.09. The van der Waals surface area contributed by atoms with Crippen LogP contribution in [0.3, 0.4) is 0 Å². The van der Waals surface area contributed by atoms with Crippen LogP contribution in [0.25, 0.3) is 0 Å². The minimum absolute atomic E-state index is 0.558. The molecule has 94 valence electrons. The van der Waals surface area contributed by atoms with Crippen LogP contribution in [-0.2, 0) is 4.74 Å². The molecular weight excluding hydrogens is 280 g/mol. The van der Waals surface area contributed by atoms with Gasteiger partial charge in [0, 0.05) is 36.5 Å². The van der Waals surface area contributed by atoms with Crippen molar-refractivity contribution in [2.24, 2.45) is 0 Å². The number of anilines is 2. The van der Waals surface area contributed by atoms with Crippen LogP contribution in [0, 0.1) is 6.92 Å². The van der Waals surface area contributed by atoms with Crippen molar-refractivity contribution in [2.45, 2.75) is 25.8 Å². The fraction of sp³-hybridized carbons (Fsp3) is 0.538. The van der Waals surface area contributed by atoms with Crippen molar-refractivity contribution in [3.8, 4) is 0 Å². The van der Waals surface area contributed by atoms with Crippen molar-refractivity contribution in [2.75, 3.05) is 30.9 Å². The third-order valence-corrected chi connectivity index (χ3v) is 4.09. The molecule has 1 heterocycles. The van der Waals surface area contributed by atoms with Crippen LogP contribution in [0.1, 0.15) is 18.4 Å². The lowest BCUT2D eigenvalue weighted by molar-refractivity contribution is 0.0854. The third kappa shape index (κ3) is 2.75. The van der Waals surface area contributed by atoms with Crippen LogP contribution in [0.15, 0.2) is 16.6 Å². The summed E-state index contributed by atoms with van der Waals surface area (Å²) in [6.45, 7) is 3.77. The van der Waals surface area contributed by atoms with E-state index in [1.54, 1.807) is 0 Å². The molecule has 2 rings (SSSR count). The summed E-state index contributed by atoms with van der Waals surface area (Å²) in [5, 5.41) is 0. The van der Waals surface area contributed by atoms with Crippen molar-refractivity contribution < 1.29 is 4.74 Å². The van der Waals surface area contributed by atoms with Crippen LogP contribution in [-0.4, -0.2) is 26.3 Å². The number of aryl methyl sites for hydroxylation is 1. The summed E-state index contributed by atoms with van der Waals surface area (Å²) in [5.74, 6) is 0. The Balaban J connectivity index is 2.23. The highest BCUT2D eigenvalue weighted by Gasteiger charge is 2.20. The van der Waals surface area contributed by atoms with Gasteiger partial charge in [0.2, 0.25) is 0 Å². The van der Waals surface area contributed by atoms with Crippen LogP contribution >= 0.6 is 15.9 Å². The predicted octanol–water partition coefficient (Wildman–Crippen LogP) is 2.95. The predicted molar refractivity (Wildman–Crippen MR) is 75.5 cm³/mol. The molecule has 1 aliphatic heterocycles. The molecule has 17 heavy (non-hydrogen) atoms. The number of halogens is 1. The number of nitrogen functional groups attached to an aromatic ring is 1. The Hall–Kier alpha value is -0.740. The first-order valence-electron chi connectivity index (χ1n) is 5.96. The van der Waals surface area contributed by atoms with Crippen molar-refractivity contribution in [3.63, 3.8) is 0 Å². The molecule has 3 nitrogen and oxygen atoms in total. The molecule has 2 N–H and O–H groups in total. The second kappa shape index (κ2) is 5.27. The fourth-order valence-electron chi connectivity index (χ4n) is 2.22. The second-order valence-electron chi connectivity index (χ2n) is 4.61. The van der Waals surface area contributed by atoms with E-state index in [4.69, 9.17) is 10.5 Å². The molecule has 1 aromatic rings. The van der Waals surface area contributed by atoms with E-state index < -0.39 is 0 Å². The molecule has 1 fully saturated rings. The Morgan fingerprint density at radius 2 is 2.00 bits per heavy atom. The molecule has 0 spiro atoms. The first kappa shape index (κ1) is 12.7. The van der Waals surface area contributed by atoms with Gasteiger partial charge in [-0.25, -0.2) is 0 Å². The van der Waals surface area contributed by atoms with E-state index in [-0.39, 0.29) is 0 Å². The Morgan fingerprint density at radius 1 is 1.35 bits per heavy atom. The minimum Gasteiger partial charge on any atom is -0.398 e. The number of benzene rings is 1. The first-order valence-corrected chi connectivity index (χ1v) is 6.75. The molecule has 1 aliphatic rings. The highest BCUT2D eigenvalue weighted by atomic mass is 79.9. The number of hydrogen-bond donors (Lipinski definition) is 1. The number of rotatable bonds is 2. The Labute approximate surface area is 111 Å². The average molecular weight is 299 g/mol. The van der Waals surface area contributed by atoms with E-state index in [1.165, 1.54) is 5.69 Å². The Morgan fingerprint density at radius 3 is 2.65 bits per heavy atom. The van der Waals surface area contributed by atoms with Crippen LogP contribution in [0.4, 0.5) is 11.4 Å². The molecular formula is C13H19BrN2O. The van der Waals surface area contributed by atoms with Crippen LogP contribution in [0.5, 0.6) is 0 Å². The highest BCUT2D eigenvalue weighted by Crippen LogP contribution is 2.32. The maximum atomic E-state index is 5.90. The number of hydrogen-bond acceptors (Lipinski definition) is 3. The van der Waals surface area contributed by atoms with Gasteiger partial charge >= 0.3 is 0 Å². The summed E-state index contributed by atoms with van der Waals surface area (Å²) in [6.07, 6.45) is 2.18. The van der Waals surface area contributed by atoms with Crippen molar-refractivity contribution >= 4 is 27.3 Å². The van der Waals surface area contributed by atoms with E-state index in [0.717, 1.165) is 41.8 Å². The zero-order valence-electron chi connectivity index (χ0n) is 10.4. The van der Waals surface area contributed by atoms with Gasteiger partial charge in [-0.1, -0.05) is 0 Å². The van der Waals surface area contributed by atoms with E-state index in [1.807, 2.05) is 13.0 Å². The summed E-state index contributed by atoms with van der Waals surface area (Å²) in [7, 11) is 2.14. The zero-order chi connectivity index (χ0) is 12.4. The summed E-state index contributed by atoms with van der Waals surface area (Å²) in [4.78, 5) is 2.33. The highest BCUT2D eigenvalue weighted by molar-refractivity contribution is 9.10. The maximum absolute atomic E-state index is 5.90. The normalized spacial score (nSPS) is 17.1. The molecule has 0 unspecified atom stereocenters. The molecule has 1 saturated heterocycles. The van der Waals surface area contributed by atoms with Gasteiger partial charge in [-0.05, 0) is 53.4 Å². The smallest absolute Gasteiger partial charge is 0.0514 e. The fourth-order valence-corrected chi connectivity index (χ4v) is 2.86. The second-order valence-corrected chi connectivity index (χ2v) is 5.47. The molecule has 0 radical (unpaired) electrons. The number of nitrogens with two attached hydrogens (primary N) is 1. The van der Waals surface area contributed by atoms with Gasteiger partial charge in [0.25, 0.3) is 0 Å². The molecule has 0 bridgehead atoms. The molecule has 0 aliphatic carbocycles. The SMILES string of the molecule is Cc1cc(N(C)C2CCOCC2)c(Br)cc1N. The average Bonchev–Trinajstić information content (AvgIpc) is 2.34. The van der Waals surface area contributed by atoms with Gasteiger partial charge in [0.15, 0.2) is 0 Å². The maximum Gasteiger partial charge on any atom is 0.0514 e. The van der Waals surface area contributed by atoms with Gasteiger partial charge in [-0.2, -0.15) is 0 Å². The minimum atomic E-state index is 0.558. The molecule has 0 aromatic heterocycles. The van der Waals surface area contributed by atoms with E-state index >= 15 is 0 Å². The van der Waals surface area contributed by atoms with Gasteiger partial charge in [-0.15, -0.1) is 0 Å². The molecule has 0 atom stereocenters. The van der Waals surface area contributed by atoms with Gasteiger partial charge in [0.1, 0.15) is 0 Å². The molecule has 4 heteroatoms. The van der Waals surface area contributed by atoms with Gasteiger partial charge in [-0.3, -0.25) is 0 Å². The van der Waals surface area contributed by atoms with Crippen LogP contribution < -0.4 is 10.6 Å². The lowest BCUT2D eigenvalue weighted by Gasteiger charge is -2.33. The van der Waals surface area contributed by atoms with Crippen molar-refractivity contribution in [1.29, 1.82) is 0 Å². The largest absolute Gasteiger partial charge is 0.398 e. The molecule has 1 aromatic carbocycles. The number of ether oxygens (including phenoxy) is 1. The third-order valence-electron chi connectivity index (χ3n) is 3.45. The molecule has 0 amide bonds. The standard InChI is InChI=1S/C13H19BrN2O/c1-9-7-13(11(14)8-12(9)15)16(2)10-3-5-17-6-4-10/h7-8,10H,3-6,15H2,1-2H3. The van der Waals surface area contributed by atoms with Gasteiger partial charge in [0.05, 0.1) is 5.69 Å². The monoisotopic (exact) mass is 298 g/mol. The Kier molecular flexibility index (Phi) is 3.94. The lowest BCUT2D eigenvalue weighted by Crippen LogP contribution is -2.36. The summed E-state index contributed by atoms with van der Waals surface area (Å²) in [5.41, 5.74) is 9.07. The summed E-state index contributed by atoms with van der Waals surface area (Å²) in [6, 6.07) is 4.69. The number of nitrogens with zero attached hydrogens (tertiary/aromatic N) is 1. The summed E-state index contributed by atoms with van der Waals surface area (Å²) >= 11 is 3.60. The van der Waals surface area contributed by atoms with E-state index in [9.17, 15) is 0 Å². The van der Waals surface area contributed by atoms with Crippen LogP contribution in [0.2, 0.25) is 0 Å². The van der Waals surface area contributed by atoms with Gasteiger partial charge < -0.3 is 15.4 Å². The topological polar surface area (TPSA) is 38.5 Å². The van der Waals surface area contributed by atoms with E-state index in [0.29, 0.717) is 6.04 Å². The van der Waals surface area contributed by atoms with Crippen molar-refractivity contribution in [3.05, 3.63) is 22.2 Å². The molecule has 0 saturated carbocycles. The Bertz CT molecular complexity index is 403. The quantitative estimate of drug-likeness (QED) is 0.853.